The highest BCUT2D eigenvalue weighted by molar-refractivity contribution is 7.89. The lowest BCUT2D eigenvalue weighted by Crippen LogP contribution is -2.47. The lowest BCUT2D eigenvalue weighted by atomic mass is 9.92. The Hall–Kier alpha value is -1.97. The normalized spacial score (nSPS) is 16.3. The number of methoxy groups -OCH3 is 1. The van der Waals surface area contributed by atoms with Gasteiger partial charge >= 0.3 is 5.97 Å². The molecule has 0 aromatic heterocycles. The number of hydrogen-bond donors (Lipinski definition) is 3. The van der Waals surface area contributed by atoms with Crippen molar-refractivity contribution in [2.75, 3.05) is 20.3 Å². The average molecular weight is 384 g/mol. The van der Waals surface area contributed by atoms with Crippen molar-refractivity contribution in [2.45, 2.75) is 42.5 Å². The van der Waals surface area contributed by atoms with Crippen LogP contribution in [-0.2, 0) is 19.6 Å². The van der Waals surface area contributed by atoms with Crippen LogP contribution in [0.25, 0.3) is 0 Å². The molecular formula is C17H24N2O6S. The number of ether oxygens (including phenoxy) is 1. The second-order valence-electron chi connectivity index (χ2n) is 6.43. The van der Waals surface area contributed by atoms with Crippen molar-refractivity contribution in [1.82, 2.24) is 10.0 Å². The molecule has 3 N–H and O–H groups in total. The molecule has 144 valence electrons. The Labute approximate surface area is 153 Å². The van der Waals surface area contributed by atoms with Gasteiger partial charge in [0, 0.05) is 19.2 Å². The Morgan fingerprint density at radius 2 is 1.81 bits per heavy atom. The number of carbonyl (C=O) groups excluding carboxylic acids is 1. The van der Waals surface area contributed by atoms with Crippen LogP contribution in [0.1, 0.15) is 42.5 Å². The third-order valence-corrected chi connectivity index (χ3v) is 5.93. The molecule has 0 unspecified atom stereocenters. The van der Waals surface area contributed by atoms with Crippen LogP contribution in [0, 0.1) is 0 Å². The summed E-state index contributed by atoms with van der Waals surface area (Å²) in [4.78, 5) is 23.6. The SMILES string of the molecule is COCCNS(=O)(=O)c1ccc(C(=O)NC2(CC(=O)O)CCCC2)cc1. The maximum absolute atomic E-state index is 12.5. The van der Waals surface area contributed by atoms with Gasteiger partial charge in [-0.25, -0.2) is 13.1 Å². The molecule has 8 nitrogen and oxygen atoms in total. The minimum Gasteiger partial charge on any atom is -0.481 e. The Morgan fingerprint density at radius 3 is 2.35 bits per heavy atom. The van der Waals surface area contributed by atoms with Crippen LogP contribution in [0.3, 0.4) is 0 Å². The van der Waals surface area contributed by atoms with Gasteiger partial charge in [0.1, 0.15) is 0 Å². The molecule has 1 amide bonds. The number of benzene rings is 1. The molecule has 1 aliphatic rings. The number of carboxylic acids is 1. The Bertz CT molecular complexity index is 739. The van der Waals surface area contributed by atoms with Gasteiger partial charge in [-0.15, -0.1) is 0 Å². The summed E-state index contributed by atoms with van der Waals surface area (Å²) in [6.07, 6.45) is 2.88. The molecule has 1 fully saturated rings. The van der Waals surface area contributed by atoms with Crippen molar-refractivity contribution < 1.29 is 27.9 Å². The minimum atomic E-state index is -3.66. The van der Waals surface area contributed by atoms with Crippen molar-refractivity contribution in [1.29, 1.82) is 0 Å². The summed E-state index contributed by atoms with van der Waals surface area (Å²) in [6, 6.07) is 5.54. The van der Waals surface area contributed by atoms with E-state index in [4.69, 9.17) is 9.84 Å². The monoisotopic (exact) mass is 384 g/mol. The highest BCUT2D eigenvalue weighted by Crippen LogP contribution is 2.33. The number of aliphatic carboxylic acids is 1. The molecule has 0 saturated heterocycles. The van der Waals surface area contributed by atoms with Crippen LogP contribution in [0.2, 0.25) is 0 Å². The maximum Gasteiger partial charge on any atom is 0.305 e. The Morgan fingerprint density at radius 1 is 1.19 bits per heavy atom. The molecule has 2 rings (SSSR count). The molecule has 1 saturated carbocycles. The van der Waals surface area contributed by atoms with Crippen LogP contribution in [0.15, 0.2) is 29.2 Å². The number of rotatable bonds is 9. The van der Waals surface area contributed by atoms with Crippen LogP contribution in [-0.4, -0.2) is 51.2 Å². The van der Waals surface area contributed by atoms with Crippen molar-refractivity contribution in [3.8, 4) is 0 Å². The fraction of sp³-hybridized carbons (Fsp3) is 0.529. The highest BCUT2D eigenvalue weighted by atomic mass is 32.2. The lowest BCUT2D eigenvalue weighted by Gasteiger charge is -2.28. The molecular weight excluding hydrogens is 360 g/mol. The Kier molecular flexibility index (Phi) is 6.74. The van der Waals surface area contributed by atoms with Crippen molar-refractivity contribution >= 4 is 21.9 Å². The summed E-state index contributed by atoms with van der Waals surface area (Å²) in [5.74, 6) is -1.35. The first-order valence-electron chi connectivity index (χ1n) is 8.41. The fourth-order valence-corrected chi connectivity index (χ4v) is 4.16. The van der Waals surface area contributed by atoms with Crippen LogP contribution < -0.4 is 10.0 Å². The summed E-state index contributed by atoms with van der Waals surface area (Å²) >= 11 is 0. The van der Waals surface area contributed by atoms with Crippen LogP contribution in [0.5, 0.6) is 0 Å². The van der Waals surface area contributed by atoms with Crippen molar-refractivity contribution in [2.24, 2.45) is 0 Å². The average Bonchev–Trinajstić information content (AvgIpc) is 3.02. The maximum atomic E-state index is 12.5. The van der Waals surface area contributed by atoms with E-state index in [1.165, 1.54) is 31.4 Å². The topological polar surface area (TPSA) is 122 Å². The zero-order chi connectivity index (χ0) is 19.2. The van der Waals surface area contributed by atoms with Crippen molar-refractivity contribution in [3.05, 3.63) is 29.8 Å². The largest absolute Gasteiger partial charge is 0.481 e. The van der Waals surface area contributed by atoms with E-state index in [0.717, 1.165) is 12.8 Å². The summed E-state index contributed by atoms with van der Waals surface area (Å²) in [6.45, 7) is 0.407. The number of nitrogens with one attached hydrogen (secondary N) is 2. The van der Waals surface area contributed by atoms with Gasteiger partial charge in [-0.2, -0.15) is 0 Å². The summed E-state index contributed by atoms with van der Waals surface area (Å²) in [5.41, 5.74) is -0.437. The zero-order valence-corrected chi connectivity index (χ0v) is 15.5. The van der Waals surface area contributed by atoms with Gasteiger partial charge in [-0.3, -0.25) is 9.59 Å². The van der Waals surface area contributed by atoms with E-state index in [9.17, 15) is 18.0 Å². The second-order valence-corrected chi connectivity index (χ2v) is 8.19. The van der Waals surface area contributed by atoms with Crippen molar-refractivity contribution in [3.63, 3.8) is 0 Å². The first-order chi connectivity index (χ1) is 12.3. The van der Waals surface area contributed by atoms with E-state index >= 15 is 0 Å². The number of sulfonamides is 1. The molecule has 0 spiro atoms. The van der Waals surface area contributed by atoms with E-state index in [0.29, 0.717) is 12.8 Å². The molecule has 0 atom stereocenters. The molecule has 0 radical (unpaired) electrons. The molecule has 26 heavy (non-hydrogen) atoms. The van der Waals surface area contributed by atoms with E-state index in [1.54, 1.807) is 0 Å². The second kappa shape index (κ2) is 8.61. The quantitative estimate of drug-likeness (QED) is 0.549. The summed E-state index contributed by atoms with van der Waals surface area (Å²) < 4.78 is 31.4. The standard InChI is InChI=1S/C17H24N2O6S/c1-25-11-10-18-26(23,24)14-6-4-13(5-7-14)16(22)19-17(12-15(20)21)8-2-3-9-17/h4-7,18H,2-3,8-12H2,1H3,(H,19,22)(H,20,21). The number of carboxylic acid groups (broad SMARTS) is 1. The predicted molar refractivity (Wildman–Crippen MR) is 94.4 cm³/mol. The zero-order valence-electron chi connectivity index (χ0n) is 14.7. The van der Waals surface area contributed by atoms with Gasteiger partial charge in [-0.05, 0) is 37.1 Å². The molecule has 1 aromatic rings. The van der Waals surface area contributed by atoms with Crippen LogP contribution >= 0.6 is 0 Å². The summed E-state index contributed by atoms with van der Waals surface area (Å²) in [5, 5.41) is 11.9. The van der Waals surface area contributed by atoms with E-state index < -0.39 is 27.4 Å². The molecule has 9 heteroatoms. The number of carbonyl (C=O) groups is 2. The van der Waals surface area contributed by atoms with Gasteiger partial charge in [0.2, 0.25) is 10.0 Å². The first kappa shape index (κ1) is 20.3. The third kappa shape index (κ3) is 5.26. The predicted octanol–water partition coefficient (Wildman–Crippen LogP) is 1.13. The van der Waals surface area contributed by atoms with E-state index in [2.05, 4.69) is 10.0 Å². The lowest BCUT2D eigenvalue weighted by molar-refractivity contribution is -0.138. The first-order valence-corrected chi connectivity index (χ1v) is 9.89. The Balaban J connectivity index is 2.07. The number of amides is 1. The van der Waals surface area contributed by atoms with Gasteiger partial charge < -0.3 is 15.2 Å². The van der Waals surface area contributed by atoms with Gasteiger partial charge in [-0.1, -0.05) is 12.8 Å². The molecule has 1 aliphatic carbocycles. The van der Waals surface area contributed by atoms with E-state index in [1.807, 2.05) is 0 Å². The number of hydrogen-bond acceptors (Lipinski definition) is 5. The van der Waals surface area contributed by atoms with Gasteiger partial charge in [0.15, 0.2) is 0 Å². The van der Waals surface area contributed by atoms with Gasteiger partial charge in [0.25, 0.3) is 5.91 Å². The minimum absolute atomic E-state index is 0.0475. The van der Waals surface area contributed by atoms with Crippen LogP contribution in [0.4, 0.5) is 0 Å². The fourth-order valence-electron chi connectivity index (χ4n) is 3.15. The summed E-state index contributed by atoms with van der Waals surface area (Å²) in [7, 11) is -2.19. The molecule has 0 heterocycles. The molecule has 0 aliphatic heterocycles. The molecule has 0 bridgehead atoms. The van der Waals surface area contributed by atoms with E-state index in [-0.39, 0.29) is 30.0 Å². The van der Waals surface area contributed by atoms with Gasteiger partial charge in [0.05, 0.1) is 23.5 Å². The smallest absolute Gasteiger partial charge is 0.305 e. The highest BCUT2D eigenvalue weighted by Gasteiger charge is 2.37. The third-order valence-electron chi connectivity index (χ3n) is 4.45. The molecule has 1 aromatic carbocycles.